The fourth-order valence-electron chi connectivity index (χ4n) is 1.56. The zero-order valence-corrected chi connectivity index (χ0v) is 6.72. The van der Waals surface area contributed by atoms with Gasteiger partial charge in [0.05, 0.1) is 12.1 Å². The molecule has 2 atom stereocenters. The van der Waals surface area contributed by atoms with Crippen molar-refractivity contribution in [1.82, 2.24) is 20.1 Å². The number of hydrogen-bond acceptors (Lipinski definition) is 4. The molecule has 1 saturated heterocycles. The summed E-state index contributed by atoms with van der Waals surface area (Å²) in [4.78, 5) is 0. The van der Waals surface area contributed by atoms with Crippen molar-refractivity contribution in [3.63, 3.8) is 0 Å². The Morgan fingerprint density at radius 1 is 1.42 bits per heavy atom. The standard InChI is InChI=1S/C7H12N4O/c12-7-3-8-2-1-6(7)11-4-9-10-5-11/h4-8,12H,1-3H2. The molecule has 1 aliphatic rings. The molecule has 0 saturated carbocycles. The highest BCUT2D eigenvalue weighted by Crippen LogP contribution is 2.17. The van der Waals surface area contributed by atoms with Crippen LogP contribution >= 0.6 is 0 Å². The van der Waals surface area contributed by atoms with Crippen molar-refractivity contribution in [3.8, 4) is 0 Å². The van der Waals surface area contributed by atoms with Crippen LogP contribution in [0, 0.1) is 0 Å². The molecule has 0 aliphatic carbocycles. The van der Waals surface area contributed by atoms with Crippen LogP contribution in [0.15, 0.2) is 12.7 Å². The number of nitrogens with zero attached hydrogens (tertiary/aromatic N) is 3. The monoisotopic (exact) mass is 168 g/mol. The molecule has 2 heterocycles. The van der Waals surface area contributed by atoms with Crippen LogP contribution < -0.4 is 5.32 Å². The Morgan fingerprint density at radius 3 is 2.83 bits per heavy atom. The summed E-state index contributed by atoms with van der Waals surface area (Å²) in [5.74, 6) is 0. The number of aliphatic hydroxyl groups is 1. The Hall–Kier alpha value is -0.940. The number of β-amino-alcohol motifs (C(OH)–C–C–N with tert-alkyl or cyclic N) is 1. The van der Waals surface area contributed by atoms with Crippen LogP contribution in [0.4, 0.5) is 0 Å². The van der Waals surface area contributed by atoms with Crippen LogP contribution in [0.1, 0.15) is 12.5 Å². The number of aliphatic hydroxyl groups excluding tert-OH is 1. The van der Waals surface area contributed by atoms with Gasteiger partial charge >= 0.3 is 0 Å². The van der Waals surface area contributed by atoms with Gasteiger partial charge in [0, 0.05) is 6.54 Å². The Kier molecular flexibility index (Phi) is 2.05. The van der Waals surface area contributed by atoms with Crippen LogP contribution in [-0.4, -0.2) is 39.1 Å². The second kappa shape index (κ2) is 3.20. The first-order valence-corrected chi connectivity index (χ1v) is 4.11. The van der Waals surface area contributed by atoms with Gasteiger partial charge in [-0.3, -0.25) is 0 Å². The summed E-state index contributed by atoms with van der Waals surface area (Å²) in [5, 5.41) is 20.2. The van der Waals surface area contributed by atoms with E-state index in [4.69, 9.17) is 0 Å². The molecule has 0 bridgehead atoms. The number of nitrogens with one attached hydrogen (secondary N) is 1. The molecule has 5 heteroatoms. The van der Waals surface area contributed by atoms with E-state index in [2.05, 4.69) is 15.5 Å². The molecular formula is C7H12N4O. The summed E-state index contributed by atoms with van der Waals surface area (Å²) < 4.78 is 1.87. The third-order valence-electron chi connectivity index (χ3n) is 2.23. The maximum atomic E-state index is 9.60. The second-order valence-electron chi connectivity index (χ2n) is 3.04. The van der Waals surface area contributed by atoms with Gasteiger partial charge in [-0.15, -0.1) is 10.2 Å². The van der Waals surface area contributed by atoms with Crippen LogP contribution in [0.5, 0.6) is 0 Å². The van der Waals surface area contributed by atoms with Crippen molar-refractivity contribution in [2.45, 2.75) is 18.6 Å². The Labute approximate surface area is 70.4 Å². The smallest absolute Gasteiger partial charge is 0.119 e. The minimum atomic E-state index is -0.324. The summed E-state index contributed by atoms with van der Waals surface area (Å²) in [6, 6.07) is 0.140. The lowest BCUT2D eigenvalue weighted by molar-refractivity contribution is 0.0870. The fourth-order valence-corrected chi connectivity index (χ4v) is 1.56. The summed E-state index contributed by atoms with van der Waals surface area (Å²) >= 11 is 0. The van der Waals surface area contributed by atoms with Crippen LogP contribution in [-0.2, 0) is 0 Å². The molecule has 0 radical (unpaired) electrons. The molecule has 2 N–H and O–H groups in total. The van der Waals surface area contributed by atoms with Gasteiger partial charge < -0.3 is 15.0 Å². The molecule has 1 fully saturated rings. The molecule has 12 heavy (non-hydrogen) atoms. The zero-order chi connectivity index (χ0) is 8.39. The molecule has 66 valence electrons. The first-order valence-electron chi connectivity index (χ1n) is 4.11. The molecule has 1 aromatic rings. The SMILES string of the molecule is OC1CNCCC1n1cnnc1. The summed E-state index contributed by atoms with van der Waals surface area (Å²) in [6.07, 6.45) is 3.91. The minimum absolute atomic E-state index is 0.140. The van der Waals surface area contributed by atoms with Gasteiger partial charge in [0.15, 0.2) is 0 Å². The highest BCUT2D eigenvalue weighted by molar-refractivity contribution is 4.84. The lowest BCUT2D eigenvalue weighted by Gasteiger charge is -2.28. The summed E-state index contributed by atoms with van der Waals surface area (Å²) in [5.41, 5.74) is 0. The molecule has 0 spiro atoms. The van der Waals surface area contributed by atoms with E-state index < -0.39 is 0 Å². The van der Waals surface area contributed by atoms with Crippen molar-refractivity contribution in [1.29, 1.82) is 0 Å². The summed E-state index contributed by atoms with van der Waals surface area (Å²) in [6.45, 7) is 1.60. The van der Waals surface area contributed by atoms with E-state index >= 15 is 0 Å². The molecule has 0 amide bonds. The van der Waals surface area contributed by atoms with Crippen molar-refractivity contribution < 1.29 is 5.11 Å². The van der Waals surface area contributed by atoms with Gasteiger partial charge in [-0.2, -0.15) is 0 Å². The molecular weight excluding hydrogens is 156 g/mol. The average Bonchev–Trinajstić information content (AvgIpc) is 2.57. The Morgan fingerprint density at radius 2 is 2.17 bits per heavy atom. The van der Waals surface area contributed by atoms with Gasteiger partial charge in [0.1, 0.15) is 12.7 Å². The third kappa shape index (κ3) is 1.33. The van der Waals surface area contributed by atoms with E-state index in [9.17, 15) is 5.11 Å². The van der Waals surface area contributed by atoms with Gasteiger partial charge in [-0.1, -0.05) is 0 Å². The molecule has 1 aromatic heterocycles. The Bertz CT molecular complexity index is 236. The predicted molar refractivity (Wildman–Crippen MR) is 42.6 cm³/mol. The van der Waals surface area contributed by atoms with E-state index in [-0.39, 0.29) is 12.1 Å². The number of aromatic nitrogens is 3. The lowest BCUT2D eigenvalue weighted by atomic mass is 10.0. The quantitative estimate of drug-likeness (QED) is 0.574. The van der Waals surface area contributed by atoms with E-state index in [1.165, 1.54) is 0 Å². The highest BCUT2D eigenvalue weighted by atomic mass is 16.3. The number of piperidine rings is 1. The fraction of sp³-hybridized carbons (Fsp3) is 0.714. The first-order chi connectivity index (χ1) is 5.88. The maximum Gasteiger partial charge on any atom is 0.119 e. The van der Waals surface area contributed by atoms with Gasteiger partial charge in [-0.25, -0.2) is 0 Å². The molecule has 1 aliphatic heterocycles. The highest BCUT2D eigenvalue weighted by Gasteiger charge is 2.23. The van der Waals surface area contributed by atoms with Crippen LogP contribution in [0.2, 0.25) is 0 Å². The van der Waals surface area contributed by atoms with E-state index in [0.717, 1.165) is 13.0 Å². The van der Waals surface area contributed by atoms with Crippen LogP contribution in [0.25, 0.3) is 0 Å². The van der Waals surface area contributed by atoms with E-state index in [0.29, 0.717) is 6.54 Å². The van der Waals surface area contributed by atoms with Crippen molar-refractivity contribution in [3.05, 3.63) is 12.7 Å². The van der Waals surface area contributed by atoms with Gasteiger partial charge in [0.2, 0.25) is 0 Å². The van der Waals surface area contributed by atoms with Crippen molar-refractivity contribution in [2.75, 3.05) is 13.1 Å². The molecule has 2 rings (SSSR count). The average molecular weight is 168 g/mol. The van der Waals surface area contributed by atoms with E-state index in [1.54, 1.807) is 12.7 Å². The topological polar surface area (TPSA) is 63.0 Å². The maximum absolute atomic E-state index is 9.60. The van der Waals surface area contributed by atoms with Gasteiger partial charge in [-0.05, 0) is 13.0 Å². The van der Waals surface area contributed by atoms with Crippen molar-refractivity contribution >= 4 is 0 Å². The van der Waals surface area contributed by atoms with Crippen molar-refractivity contribution in [2.24, 2.45) is 0 Å². The van der Waals surface area contributed by atoms with E-state index in [1.807, 2.05) is 4.57 Å². The minimum Gasteiger partial charge on any atom is -0.390 e. The molecule has 5 nitrogen and oxygen atoms in total. The van der Waals surface area contributed by atoms with Crippen LogP contribution in [0.3, 0.4) is 0 Å². The second-order valence-corrected chi connectivity index (χ2v) is 3.04. The lowest BCUT2D eigenvalue weighted by Crippen LogP contribution is -2.41. The Balaban J connectivity index is 2.11. The third-order valence-corrected chi connectivity index (χ3v) is 2.23. The molecule has 2 unspecified atom stereocenters. The number of hydrogen-bond donors (Lipinski definition) is 2. The molecule has 0 aromatic carbocycles. The van der Waals surface area contributed by atoms with Gasteiger partial charge in [0.25, 0.3) is 0 Å². The summed E-state index contributed by atoms with van der Waals surface area (Å²) in [7, 11) is 0. The number of rotatable bonds is 1. The predicted octanol–water partition coefficient (Wildman–Crippen LogP) is -0.827. The normalized spacial score (nSPS) is 30.4. The first kappa shape index (κ1) is 7.70. The largest absolute Gasteiger partial charge is 0.390 e. The zero-order valence-electron chi connectivity index (χ0n) is 6.72.